The molecule has 1 heterocycles. The second kappa shape index (κ2) is 3.67. The fraction of sp³-hybridized carbons (Fsp3) is 0.125. The number of carbonyl (C=O) groups excluding carboxylic acids is 1. The molecule has 0 fully saturated rings. The molecular formula is C8H8O2. The smallest absolute Gasteiger partial charge is 0.142 e. The molecule has 0 spiro atoms. The van der Waals surface area contributed by atoms with Gasteiger partial charge in [-0.1, -0.05) is 0 Å². The highest BCUT2D eigenvalue weighted by atomic mass is 16.5. The van der Waals surface area contributed by atoms with Crippen LogP contribution in [-0.2, 0) is 9.53 Å². The van der Waals surface area contributed by atoms with Gasteiger partial charge in [0.1, 0.15) is 12.0 Å². The molecule has 0 radical (unpaired) electrons. The summed E-state index contributed by atoms with van der Waals surface area (Å²) in [6.07, 6.45) is 10.1. The van der Waals surface area contributed by atoms with E-state index in [4.69, 9.17) is 4.74 Å². The highest BCUT2D eigenvalue weighted by Gasteiger charge is 1.92. The average molecular weight is 136 g/mol. The molecule has 0 atom stereocenters. The standard InChI is InChI=1S/C8H8O2/c9-6-3-5-8-4-1-2-7-10-8/h2-7H,1H2/b5-3+. The Morgan fingerprint density at radius 2 is 2.50 bits per heavy atom. The maximum Gasteiger partial charge on any atom is 0.142 e. The summed E-state index contributed by atoms with van der Waals surface area (Å²) in [4.78, 5) is 9.86. The predicted octanol–water partition coefficient (Wildman–Crippen LogP) is 1.56. The second-order valence-electron chi connectivity index (χ2n) is 1.83. The van der Waals surface area contributed by atoms with Gasteiger partial charge in [0.05, 0.1) is 6.26 Å². The molecule has 1 aliphatic heterocycles. The van der Waals surface area contributed by atoms with Crippen molar-refractivity contribution in [3.8, 4) is 0 Å². The van der Waals surface area contributed by atoms with Gasteiger partial charge in [0.2, 0.25) is 0 Å². The summed E-state index contributed by atoms with van der Waals surface area (Å²) < 4.78 is 5.01. The van der Waals surface area contributed by atoms with E-state index in [1.54, 1.807) is 12.3 Å². The fourth-order valence-corrected chi connectivity index (χ4v) is 0.656. The molecule has 2 heteroatoms. The molecule has 1 rings (SSSR count). The molecule has 0 aromatic heterocycles. The molecule has 0 unspecified atom stereocenters. The van der Waals surface area contributed by atoms with Gasteiger partial charge < -0.3 is 4.74 Å². The Bertz CT molecular complexity index is 197. The van der Waals surface area contributed by atoms with Crippen molar-refractivity contribution in [1.82, 2.24) is 0 Å². The van der Waals surface area contributed by atoms with Crippen LogP contribution in [0.1, 0.15) is 6.42 Å². The Hall–Kier alpha value is -1.31. The predicted molar refractivity (Wildman–Crippen MR) is 38.1 cm³/mol. The van der Waals surface area contributed by atoms with Crippen LogP contribution in [0.25, 0.3) is 0 Å². The first-order chi connectivity index (χ1) is 4.93. The van der Waals surface area contributed by atoms with Crippen LogP contribution in [0.2, 0.25) is 0 Å². The van der Waals surface area contributed by atoms with E-state index < -0.39 is 0 Å². The highest BCUT2D eigenvalue weighted by molar-refractivity contribution is 5.65. The maximum atomic E-state index is 9.86. The van der Waals surface area contributed by atoms with E-state index in [1.807, 2.05) is 12.2 Å². The summed E-state index contributed by atoms with van der Waals surface area (Å²) in [5.41, 5.74) is 0. The zero-order valence-corrected chi connectivity index (χ0v) is 5.49. The molecule has 10 heavy (non-hydrogen) atoms. The van der Waals surface area contributed by atoms with E-state index in [2.05, 4.69) is 0 Å². The van der Waals surface area contributed by atoms with E-state index in [0.717, 1.165) is 18.5 Å². The van der Waals surface area contributed by atoms with E-state index in [-0.39, 0.29) is 0 Å². The van der Waals surface area contributed by atoms with Crippen LogP contribution in [-0.4, -0.2) is 6.29 Å². The normalized spacial score (nSPS) is 16.6. The van der Waals surface area contributed by atoms with E-state index in [9.17, 15) is 4.79 Å². The summed E-state index contributed by atoms with van der Waals surface area (Å²) in [6, 6.07) is 0. The molecular weight excluding hydrogens is 128 g/mol. The minimum Gasteiger partial charge on any atom is -0.466 e. The van der Waals surface area contributed by atoms with E-state index in [1.165, 1.54) is 6.08 Å². The van der Waals surface area contributed by atoms with Crippen molar-refractivity contribution < 1.29 is 9.53 Å². The average Bonchev–Trinajstić information content (AvgIpc) is 2.03. The van der Waals surface area contributed by atoms with Crippen molar-refractivity contribution in [3.05, 3.63) is 36.3 Å². The molecule has 0 amide bonds. The summed E-state index contributed by atoms with van der Waals surface area (Å²) in [5.74, 6) is 0.731. The third-order valence-electron chi connectivity index (χ3n) is 1.09. The SMILES string of the molecule is O=C/C=C/C1=CCC=CO1. The van der Waals surface area contributed by atoms with Crippen molar-refractivity contribution in [3.63, 3.8) is 0 Å². The molecule has 0 aromatic rings. The Morgan fingerprint density at radius 3 is 3.10 bits per heavy atom. The van der Waals surface area contributed by atoms with Crippen LogP contribution in [0.4, 0.5) is 0 Å². The summed E-state index contributed by atoms with van der Waals surface area (Å²) in [6.45, 7) is 0. The number of rotatable bonds is 2. The van der Waals surface area contributed by atoms with Crippen LogP contribution < -0.4 is 0 Å². The maximum absolute atomic E-state index is 9.86. The van der Waals surface area contributed by atoms with Crippen LogP contribution in [0, 0.1) is 0 Å². The summed E-state index contributed by atoms with van der Waals surface area (Å²) in [7, 11) is 0. The lowest BCUT2D eigenvalue weighted by Crippen LogP contribution is -1.85. The van der Waals surface area contributed by atoms with Gasteiger partial charge in [-0.2, -0.15) is 0 Å². The Morgan fingerprint density at radius 1 is 1.60 bits per heavy atom. The summed E-state index contributed by atoms with van der Waals surface area (Å²) >= 11 is 0. The van der Waals surface area contributed by atoms with Gasteiger partial charge in [-0.15, -0.1) is 0 Å². The number of ether oxygens (including phenoxy) is 1. The monoisotopic (exact) mass is 136 g/mol. The largest absolute Gasteiger partial charge is 0.466 e. The van der Waals surface area contributed by atoms with Crippen LogP contribution in [0.5, 0.6) is 0 Å². The van der Waals surface area contributed by atoms with Gasteiger partial charge in [-0.25, -0.2) is 0 Å². The van der Waals surface area contributed by atoms with Crippen molar-refractivity contribution >= 4 is 6.29 Å². The lowest BCUT2D eigenvalue weighted by atomic mass is 10.3. The third kappa shape index (κ3) is 1.90. The van der Waals surface area contributed by atoms with E-state index in [0.29, 0.717) is 0 Å². The van der Waals surface area contributed by atoms with Gasteiger partial charge in [0.15, 0.2) is 0 Å². The number of carbonyl (C=O) groups is 1. The van der Waals surface area contributed by atoms with Crippen molar-refractivity contribution in [2.45, 2.75) is 6.42 Å². The molecule has 0 saturated heterocycles. The lowest BCUT2D eigenvalue weighted by molar-refractivity contribution is -0.104. The number of allylic oxidation sites excluding steroid dienone is 4. The quantitative estimate of drug-likeness (QED) is 0.425. The van der Waals surface area contributed by atoms with Crippen LogP contribution in [0.15, 0.2) is 36.3 Å². The van der Waals surface area contributed by atoms with Gasteiger partial charge >= 0.3 is 0 Å². The Kier molecular flexibility index (Phi) is 2.49. The van der Waals surface area contributed by atoms with Gasteiger partial charge in [-0.3, -0.25) is 4.79 Å². The number of aldehydes is 1. The van der Waals surface area contributed by atoms with Crippen molar-refractivity contribution in [2.75, 3.05) is 0 Å². The van der Waals surface area contributed by atoms with Gasteiger partial charge in [-0.05, 0) is 30.7 Å². The topological polar surface area (TPSA) is 26.3 Å². The number of hydrogen-bond donors (Lipinski definition) is 0. The van der Waals surface area contributed by atoms with Crippen LogP contribution >= 0.6 is 0 Å². The zero-order chi connectivity index (χ0) is 7.23. The molecule has 1 aliphatic rings. The Labute approximate surface area is 59.5 Å². The first-order valence-electron chi connectivity index (χ1n) is 3.07. The number of hydrogen-bond acceptors (Lipinski definition) is 2. The first kappa shape index (κ1) is 6.81. The second-order valence-corrected chi connectivity index (χ2v) is 1.83. The molecule has 2 nitrogen and oxygen atoms in total. The van der Waals surface area contributed by atoms with Crippen molar-refractivity contribution in [1.29, 1.82) is 0 Å². The molecule has 0 aliphatic carbocycles. The zero-order valence-electron chi connectivity index (χ0n) is 5.49. The molecule has 0 N–H and O–H groups in total. The Balaban J connectivity index is 2.48. The highest BCUT2D eigenvalue weighted by Crippen LogP contribution is 2.07. The molecule has 52 valence electrons. The third-order valence-corrected chi connectivity index (χ3v) is 1.09. The first-order valence-corrected chi connectivity index (χ1v) is 3.07. The molecule has 0 saturated carbocycles. The fourth-order valence-electron chi connectivity index (χ4n) is 0.656. The lowest BCUT2D eigenvalue weighted by Gasteiger charge is -2.03. The van der Waals surface area contributed by atoms with Gasteiger partial charge in [0.25, 0.3) is 0 Å². The minimum absolute atomic E-state index is 0.725. The molecule has 0 aromatic carbocycles. The van der Waals surface area contributed by atoms with E-state index >= 15 is 0 Å². The van der Waals surface area contributed by atoms with Crippen molar-refractivity contribution in [2.24, 2.45) is 0 Å². The molecule has 0 bridgehead atoms. The van der Waals surface area contributed by atoms with Gasteiger partial charge in [0, 0.05) is 0 Å². The van der Waals surface area contributed by atoms with Crippen LogP contribution in [0.3, 0.4) is 0 Å². The summed E-state index contributed by atoms with van der Waals surface area (Å²) in [5, 5.41) is 0. The minimum atomic E-state index is 0.725.